The maximum absolute atomic E-state index is 13.8. The van der Waals surface area contributed by atoms with Gasteiger partial charge in [0.15, 0.2) is 5.65 Å². The average Bonchev–Trinajstić information content (AvgIpc) is 3.39. The number of fused-ring (bicyclic) bond motifs is 1. The molecule has 4 aromatic rings. The summed E-state index contributed by atoms with van der Waals surface area (Å²) in [5, 5.41) is 7.33. The first-order chi connectivity index (χ1) is 19.2. The van der Waals surface area contributed by atoms with E-state index in [4.69, 9.17) is 11.6 Å². The fraction of sp³-hybridized carbons (Fsp3) is 0.259. The molecule has 40 heavy (non-hydrogen) atoms. The van der Waals surface area contributed by atoms with Gasteiger partial charge >= 0.3 is 0 Å². The molecular formula is C27H26ClFN6O4S. The number of halogens is 2. The highest BCUT2D eigenvalue weighted by Crippen LogP contribution is 2.32. The minimum absolute atomic E-state index is 0.0175. The van der Waals surface area contributed by atoms with E-state index in [0.29, 0.717) is 24.7 Å². The summed E-state index contributed by atoms with van der Waals surface area (Å²) in [6.45, 7) is 2.45. The number of benzene rings is 2. The molecular weight excluding hydrogens is 559 g/mol. The Morgan fingerprint density at radius 2 is 1.80 bits per heavy atom. The van der Waals surface area contributed by atoms with Gasteiger partial charge in [-0.2, -0.15) is 9.61 Å². The van der Waals surface area contributed by atoms with E-state index in [1.165, 1.54) is 41.5 Å². The molecule has 0 radical (unpaired) electrons. The van der Waals surface area contributed by atoms with E-state index in [1.807, 2.05) is 22.9 Å². The third-order valence-corrected chi connectivity index (χ3v) is 8.44. The van der Waals surface area contributed by atoms with E-state index >= 15 is 0 Å². The number of anilines is 2. The zero-order chi connectivity index (χ0) is 28.4. The van der Waals surface area contributed by atoms with Crippen molar-refractivity contribution in [1.82, 2.24) is 24.2 Å². The van der Waals surface area contributed by atoms with Crippen LogP contribution in [0.5, 0.6) is 0 Å². The van der Waals surface area contributed by atoms with Crippen molar-refractivity contribution in [2.45, 2.75) is 25.7 Å². The van der Waals surface area contributed by atoms with Gasteiger partial charge in [0.1, 0.15) is 22.8 Å². The fourth-order valence-corrected chi connectivity index (χ4v) is 5.42. The highest BCUT2D eigenvalue weighted by Gasteiger charge is 2.29. The van der Waals surface area contributed by atoms with Gasteiger partial charge in [-0.3, -0.25) is 9.59 Å². The Morgan fingerprint density at radius 1 is 1.07 bits per heavy atom. The SMILES string of the molecule is CCS(=O)(=O)NC(=O)c1cnn2c(Nc3ccc(F)cc3Cl)c(C(=O)N3CCC(c4ccccc4)CC3)cnc12. The van der Waals surface area contributed by atoms with Crippen LogP contribution < -0.4 is 10.0 Å². The van der Waals surface area contributed by atoms with E-state index in [2.05, 4.69) is 27.5 Å². The van der Waals surface area contributed by atoms with Gasteiger partial charge in [0, 0.05) is 19.3 Å². The molecule has 3 heterocycles. The number of amides is 2. The third kappa shape index (κ3) is 5.63. The van der Waals surface area contributed by atoms with Gasteiger partial charge in [-0.25, -0.2) is 22.5 Å². The molecule has 1 fully saturated rings. The molecule has 0 aliphatic carbocycles. The summed E-state index contributed by atoms with van der Waals surface area (Å²) in [4.78, 5) is 32.5. The first-order valence-corrected chi connectivity index (χ1v) is 14.7. The van der Waals surface area contributed by atoms with Crippen LogP contribution in [0.15, 0.2) is 60.9 Å². The lowest BCUT2D eigenvalue weighted by Crippen LogP contribution is -2.38. The van der Waals surface area contributed by atoms with Crippen molar-refractivity contribution in [2.75, 3.05) is 24.2 Å². The maximum atomic E-state index is 13.8. The molecule has 0 unspecified atom stereocenters. The number of hydrogen-bond donors (Lipinski definition) is 2. The summed E-state index contributed by atoms with van der Waals surface area (Å²) in [7, 11) is -3.84. The summed E-state index contributed by atoms with van der Waals surface area (Å²) in [6.07, 6.45) is 4.05. The smallest absolute Gasteiger partial charge is 0.270 e. The molecule has 13 heteroatoms. The molecule has 2 amide bonds. The quantitative estimate of drug-likeness (QED) is 0.330. The number of aromatic nitrogens is 3. The molecule has 208 valence electrons. The van der Waals surface area contributed by atoms with Gasteiger partial charge in [-0.15, -0.1) is 0 Å². The van der Waals surface area contributed by atoms with E-state index in [1.54, 1.807) is 4.90 Å². The predicted molar refractivity (Wildman–Crippen MR) is 149 cm³/mol. The Labute approximate surface area is 235 Å². The zero-order valence-corrected chi connectivity index (χ0v) is 23.0. The summed E-state index contributed by atoms with van der Waals surface area (Å²) >= 11 is 6.26. The number of hydrogen-bond acceptors (Lipinski definition) is 7. The Bertz CT molecular complexity index is 1690. The van der Waals surface area contributed by atoms with Crippen molar-refractivity contribution in [1.29, 1.82) is 0 Å². The number of carbonyl (C=O) groups is 2. The van der Waals surface area contributed by atoms with Gasteiger partial charge in [0.05, 0.1) is 22.7 Å². The number of piperidine rings is 1. The van der Waals surface area contributed by atoms with Crippen LogP contribution in [0.2, 0.25) is 5.02 Å². The number of rotatable bonds is 7. The van der Waals surface area contributed by atoms with Crippen LogP contribution in [0.1, 0.15) is 52.0 Å². The zero-order valence-electron chi connectivity index (χ0n) is 21.5. The Balaban J connectivity index is 1.50. The fourth-order valence-electron chi connectivity index (χ4n) is 4.67. The standard InChI is InChI=1S/C27H26ClFN6O4S/c1-2-40(38,39)33-26(36)20-16-31-35-24(20)30-15-21(25(35)32-23-9-8-19(29)14-22(23)28)27(37)34-12-10-18(11-13-34)17-6-4-3-5-7-17/h3-9,14-16,18,32H,2,10-13H2,1H3,(H,33,36). The van der Waals surface area contributed by atoms with E-state index in [0.717, 1.165) is 18.9 Å². The number of nitrogens with one attached hydrogen (secondary N) is 2. The van der Waals surface area contributed by atoms with Crippen molar-refractivity contribution in [3.8, 4) is 0 Å². The van der Waals surface area contributed by atoms with Crippen molar-refractivity contribution in [3.05, 3.63) is 88.5 Å². The van der Waals surface area contributed by atoms with Crippen LogP contribution >= 0.6 is 11.6 Å². The normalized spacial score (nSPS) is 14.3. The first kappa shape index (κ1) is 27.5. The predicted octanol–water partition coefficient (Wildman–Crippen LogP) is 4.36. The monoisotopic (exact) mass is 584 g/mol. The molecule has 0 saturated carbocycles. The van der Waals surface area contributed by atoms with Gasteiger partial charge in [-0.1, -0.05) is 41.9 Å². The second kappa shape index (κ2) is 11.2. The summed E-state index contributed by atoms with van der Waals surface area (Å²) in [6, 6.07) is 13.9. The van der Waals surface area contributed by atoms with Crippen LogP contribution in [-0.2, 0) is 10.0 Å². The molecule has 0 atom stereocenters. The van der Waals surface area contributed by atoms with Crippen molar-refractivity contribution in [3.63, 3.8) is 0 Å². The first-order valence-electron chi connectivity index (χ1n) is 12.6. The lowest BCUT2D eigenvalue weighted by Gasteiger charge is -2.32. The molecule has 2 aromatic heterocycles. The summed E-state index contributed by atoms with van der Waals surface area (Å²) in [5.74, 6) is -1.56. The van der Waals surface area contributed by atoms with Crippen LogP contribution in [0.4, 0.5) is 15.9 Å². The van der Waals surface area contributed by atoms with E-state index < -0.39 is 21.7 Å². The van der Waals surface area contributed by atoms with Gasteiger partial charge in [0.25, 0.3) is 11.8 Å². The van der Waals surface area contributed by atoms with Gasteiger partial charge in [-0.05, 0) is 49.4 Å². The Morgan fingerprint density at radius 3 is 2.48 bits per heavy atom. The molecule has 2 aromatic carbocycles. The largest absolute Gasteiger partial charge is 0.338 e. The molecule has 10 nitrogen and oxygen atoms in total. The summed E-state index contributed by atoms with van der Waals surface area (Å²) < 4.78 is 40.8. The highest BCUT2D eigenvalue weighted by molar-refractivity contribution is 7.90. The maximum Gasteiger partial charge on any atom is 0.270 e. The molecule has 0 spiro atoms. The van der Waals surface area contributed by atoms with Crippen LogP contribution in [-0.4, -0.2) is 58.6 Å². The number of sulfonamides is 1. The Kier molecular flexibility index (Phi) is 7.72. The minimum Gasteiger partial charge on any atom is -0.338 e. The van der Waals surface area contributed by atoms with Crippen molar-refractivity contribution < 1.29 is 22.4 Å². The summed E-state index contributed by atoms with van der Waals surface area (Å²) in [5.41, 5.74) is 1.60. The van der Waals surface area contributed by atoms with E-state index in [-0.39, 0.29) is 39.3 Å². The van der Waals surface area contributed by atoms with Crippen molar-refractivity contribution >= 4 is 50.6 Å². The number of likely N-dealkylation sites (tertiary alicyclic amines) is 1. The van der Waals surface area contributed by atoms with Crippen LogP contribution in [0.25, 0.3) is 5.65 Å². The van der Waals surface area contributed by atoms with Gasteiger partial charge < -0.3 is 10.2 Å². The molecule has 5 rings (SSSR count). The Hall–Kier alpha value is -4.03. The average molecular weight is 585 g/mol. The topological polar surface area (TPSA) is 126 Å². The minimum atomic E-state index is -3.84. The van der Waals surface area contributed by atoms with Crippen molar-refractivity contribution in [2.24, 2.45) is 0 Å². The lowest BCUT2D eigenvalue weighted by atomic mass is 9.89. The highest BCUT2D eigenvalue weighted by atomic mass is 35.5. The number of carbonyl (C=O) groups excluding carboxylic acids is 2. The lowest BCUT2D eigenvalue weighted by molar-refractivity contribution is 0.0713. The molecule has 2 N–H and O–H groups in total. The molecule has 0 bridgehead atoms. The second-order valence-corrected chi connectivity index (χ2v) is 11.8. The molecule has 1 aliphatic rings. The molecule has 1 aliphatic heterocycles. The van der Waals surface area contributed by atoms with Crippen LogP contribution in [0.3, 0.4) is 0 Å². The van der Waals surface area contributed by atoms with E-state index in [9.17, 15) is 22.4 Å². The van der Waals surface area contributed by atoms with Gasteiger partial charge in [0.2, 0.25) is 10.0 Å². The number of nitrogens with zero attached hydrogens (tertiary/aromatic N) is 4. The third-order valence-electron chi connectivity index (χ3n) is 6.87. The second-order valence-electron chi connectivity index (χ2n) is 9.38. The molecule has 1 saturated heterocycles. The van der Waals surface area contributed by atoms with Crippen LogP contribution in [0, 0.1) is 5.82 Å².